The molecule has 17 heavy (non-hydrogen) atoms. The zero-order chi connectivity index (χ0) is 12.1. The lowest BCUT2D eigenvalue weighted by Crippen LogP contribution is -2.45. The van der Waals surface area contributed by atoms with E-state index < -0.39 is 5.67 Å². The number of morpholine rings is 1. The van der Waals surface area contributed by atoms with E-state index in [2.05, 4.69) is 11.4 Å². The predicted octanol–water partition coefficient (Wildman–Crippen LogP) is 2.98. The van der Waals surface area contributed by atoms with Crippen LogP contribution in [0.25, 0.3) is 0 Å². The zero-order valence-corrected chi connectivity index (χ0v) is 10.8. The van der Waals surface area contributed by atoms with Gasteiger partial charge >= 0.3 is 0 Å². The fourth-order valence-corrected chi connectivity index (χ4v) is 2.83. The predicted molar refractivity (Wildman–Crippen MR) is 67.9 cm³/mol. The molecule has 0 amide bonds. The van der Waals surface area contributed by atoms with Crippen molar-refractivity contribution < 1.29 is 9.13 Å². The summed E-state index contributed by atoms with van der Waals surface area (Å²) in [7, 11) is 0. The van der Waals surface area contributed by atoms with Gasteiger partial charge in [-0.15, -0.1) is 0 Å². The first-order valence-corrected chi connectivity index (χ1v) is 6.88. The Kier molecular flexibility index (Phi) is 4.57. The molecule has 2 atom stereocenters. The minimum atomic E-state index is -1.16. The Hall–Kier alpha value is -0.410. The Morgan fingerprint density at radius 1 is 1.47 bits per heavy atom. The largest absolute Gasteiger partial charge is 0.379 e. The van der Waals surface area contributed by atoms with Crippen molar-refractivity contribution in [3.8, 4) is 0 Å². The summed E-state index contributed by atoms with van der Waals surface area (Å²) in [4.78, 5) is 0. The van der Waals surface area contributed by atoms with E-state index in [1.54, 1.807) is 6.92 Å². The quantitative estimate of drug-likeness (QED) is 0.767. The van der Waals surface area contributed by atoms with Gasteiger partial charge in [0.25, 0.3) is 0 Å². The summed E-state index contributed by atoms with van der Waals surface area (Å²) in [5.74, 6) is 0. The van der Waals surface area contributed by atoms with E-state index in [0.29, 0.717) is 13.0 Å². The highest BCUT2D eigenvalue weighted by Gasteiger charge is 2.32. The van der Waals surface area contributed by atoms with Crippen LogP contribution in [-0.4, -0.2) is 31.5 Å². The van der Waals surface area contributed by atoms with Crippen LogP contribution in [-0.2, 0) is 4.74 Å². The number of halogens is 1. The van der Waals surface area contributed by atoms with Gasteiger partial charge in [-0.05, 0) is 38.2 Å². The third kappa shape index (κ3) is 3.78. The molecule has 1 aliphatic carbocycles. The smallest absolute Gasteiger partial charge is 0.130 e. The third-order valence-corrected chi connectivity index (χ3v) is 3.84. The second kappa shape index (κ2) is 5.96. The standard InChI is InChI=1S/C14H24FNO/c1-14(15,10-13-11-17-9-8-16-13)12-6-4-2-3-5-7-12/h6,13,16H,2-5,7-11H2,1H3. The minimum absolute atomic E-state index is 0.169. The molecule has 98 valence electrons. The molecular formula is C14H24FNO. The molecule has 2 rings (SSSR count). The molecule has 1 fully saturated rings. The number of nitrogens with one attached hydrogen (secondary N) is 1. The van der Waals surface area contributed by atoms with Crippen LogP contribution < -0.4 is 5.32 Å². The van der Waals surface area contributed by atoms with Crippen LogP contribution in [0.3, 0.4) is 0 Å². The molecule has 0 aromatic heterocycles. The molecule has 0 bridgehead atoms. The summed E-state index contributed by atoms with van der Waals surface area (Å²) in [5.41, 5.74) is -0.148. The third-order valence-electron chi connectivity index (χ3n) is 3.84. The zero-order valence-electron chi connectivity index (χ0n) is 10.8. The van der Waals surface area contributed by atoms with Crippen molar-refractivity contribution in [2.45, 2.75) is 57.2 Å². The van der Waals surface area contributed by atoms with Crippen LogP contribution in [0.15, 0.2) is 11.6 Å². The molecular weight excluding hydrogens is 217 g/mol. The highest BCUT2D eigenvalue weighted by Crippen LogP contribution is 2.33. The van der Waals surface area contributed by atoms with E-state index in [1.165, 1.54) is 12.8 Å². The van der Waals surface area contributed by atoms with Crippen LogP contribution in [0.4, 0.5) is 4.39 Å². The van der Waals surface area contributed by atoms with Crippen molar-refractivity contribution in [3.63, 3.8) is 0 Å². The van der Waals surface area contributed by atoms with Gasteiger partial charge in [0.15, 0.2) is 0 Å². The molecule has 0 aromatic carbocycles. The normalized spacial score (nSPS) is 30.2. The van der Waals surface area contributed by atoms with Crippen LogP contribution in [0.5, 0.6) is 0 Å². The molecule has 2 nitrogen and oxygen atoms in total. The number of hydrogen-bond acceptors (Lipinski definition) is 2. The van der Waals surface area contributed by atoms with E-state index in [1.807, 2.05) is 0 Å². The van der Waals surface area contributed by atoms with E-state index in [4.69, 9.17) is 4.74 Å². The summed E-state index contributed by atoms with van der Waals surface area (Å²) in [6.45, 7) is 3.98. The van der Waals surface area contributed by atoms with Crippen molar-refractivity contribution in [1.29, 1.82) is 0 Å². The number of allylic oxidation sites excluding steroid dienone is 2. The highest BCUT2D eigenvalue weighted by molar-refractivity contribution is 5.17. The van der Waals surface area contributed by atoms with E-state index in [-0.39, 0.29) is 6.04 Å². The van der Waals surface area contributed by atoms with Crippen molar-refractivity contribution in [3.05, 3.63) is 11.6 Å². The lowest BCUT2D eigenvalue weighted by molar-refractivity contribution is 0.0553. The Morgan fingerprint density at radius 3 is 3.12 bits per heavy atom. The van der Waals surface area contributed by atoms with Gasteiger partial charge in [-0.25, -0.2) is 4.39 Å². The Balaban J connectivity index is 1.93. The first kappa shape index (κ1) is 13.0. The van der Waals surface area contributed by atoms with E-state index >= 15 is 0 Å². The van der Waals surface area contributed by atoms with Crippen molar-refractivity contribution >= 4 is 0 Å². The van der Waals surface area contributed by atoms with Gasteiger partial charge in [0, 0.05) is 19.0 Å². The highest BCUT2D eigenvalue weighted by atomic mass is 19.1. The monoisotopic (exact) mass is 241 g/mol. The van der Waals surface area contributed by atoms with Gasteiger partial charge in [-0.1, -0.05) is 12.5 Å². The van der Waals surface area contributed by atoms with Crippen molar-refractivity contribution in [2.24, 2.45) is 0 Å². The molecule has 3 heteroatoms. The minimum Gasteiger partial charge on any atom is -0.379 e. The van der Waals surface area contributed by atoms with Crippen LogP contribution in [0.1, 0.15) is 45.4 Å². The van der Waals surface area contributed by atoms with Crippen LogP contribution in [0.2, 0.25) is 0 Å². The molecule has 1 heterocycles. The first-order chi connectivity index (χ1) is 8.18. The molecule has 0 aromatic rings. The van der Waals surface area contributed by atoms with Crippen LogP contribution >= 0.6 is 0 Å². The maximum Gasteiger partial charge on any atom is 0.130 e. The van der Waals surface area contributed by atoms with Crippen LogP contribution in [0, 0.1) is 0 Å². The molecule has 1 aliphatic heterocycles. The topological polar surface area (TPSA) is 21.3 Å². The molecule has 0 spiro atoms. The first-order valence-electron chi connectivity index (χ1n) is 6.88. The Morgan fingerprint density at radius 2 is 2.35 bits per heavy atom. The van der Waals surface area contributed by atoms with Crippen molar-refractivity contribution in [2.75, 3.05) is 19.8 Å². The summed E-state index contributed by atoms with van der Waals surface area (Å²) >= 11 is 0. The summed E-state index contributed by atoms with van der Waals surface area (Å²) in [6, 6.07) is 0.169. The van der Waals surface area contributed by atoms with E-state index in [9.17, 15) is 4.39 Å². The maximum absolute atomic E-state index is 14.8. The van der Waals surface area contributed by atoms with Gasteiger partial charge < -0.3 is 10.1 Å². The van der Waals surface area contributed by atoms with Gasteiger partial charge in [-0.2, -0.15) is 0 Å². The number of ether oxygens (including phenoxy) is 1. The molecule has 0 saturated carbocycles. The number of hydrogen-bond donors (Lipinski definition) is 1. The average Bonchev–Trinajstić information content (AvgIpc) is 2.58. The molecule has 2 unspecified atom stereocenters. The van der Waals surface area contributed by atoms with E-state index in [0.717, 1.165) is 38.0 Å². The average molecular weight is 241 g/mol. The summed E-state index contributed by atoms with van der Waals surface area (Å²) in [6.07, 6.45) is 8.24. The lowest BCUT2D eigenvalue weighted by atomic mass is 9.87. The maximum atomic E-state index is 14.8. The second-order valence-electron chi connectivity index (χ2n) is 5.46. The fraction of sp³-hybridized carbons (Fsp3) is 0.857. The molecule has 0 radical (unpaired) electrons. The Labute approximate surface area is 104 Å². The van der Waals surface area contributed by atoms with Gasteiger partial charge in [0.05, 0.1) is 13.2 Å². The number of rotatable bonds is 3. The SMILES string of the molecule is CC(F)(CC1COCCN1)C1=CCCCCC1. The second-order valence-corrected chi connectivity index (χ2v) is 5.46. The summed E-state index contributed by atoms with van der Waals surface area (Å²) < 4.78 is 20.2. The van der Waals surface area contributed by atoms with Gasteiger partial charge in [-0.3, -0.25) is 0 Å². The molecule has 2 aliphatic rings. The summed E-state index contributed by atoms with van der Waals surface area (Å²) in [5, 5.41) is 3.34. The Bertz CT molecular complexity index is 269. The number of alkyl halides is 1. The van der Waals surface area contributed by atoms with Crippen molar-refractivity contribution in [1.82, 2.24) is 5.32 Å². The molecule has 1 saturated heterocycles. The molecule has 1 N–H and O–H groups in total. The van der Waals surface area contributed by atoms with Gasteiger partial charge in [0.2, 0.25) is 0 Å². The lowest BCUT2D eigenvalue weighted by Gasteiger charge is -2.31. The fourth-order valence-electron chi connectivity index (χ4n) is 2.83. The van der Waals surface area contributed by atoms with Gasteiger partial charge in [0.1, 0.15) is 5.67 Å².